The topological polar surface area (TPSA) is 164 Å². The van der Waals surface area contributed by atoms with Crippen molar-refractivity contribution in [3.63, 3.8) is 0 Å². The van der Waals surface area contributed by atoms with Gasteiger partial charge in [0, 0.05) is 38.8 Å². The summed E-state index contributed by atoms with van der Waals surface area (Å²) in [7, 11) is 1.82. The Balaban J connectivity index is 1.22. The molecule has 2 saturated heterocycles. The predicted octanol–water partition coefficient (Wildman–Crippen LogP) is 3.24. The number of hydrogen-bond acceptors (Lipinski definition) is 10. The lowest BCUT2D eigenvalue weighted by Gasteiger charge is -2.35. The number of nitrogens with zero attached hydrogens (tertiary/aromatic N) is 6. The molecule has 15 nitrogen and oxygen atoms in total. The number of carboxylic acid groups (broad SMARTS) is 1. The summed E-state index contributed by atoms with van der Waals surface area (Å²) in [5, 5.41) is 14.4. The van der Waals surface area contributed by atoms with E-state index in [9.17, 15) is 29.1 Å². The largest absolute Gasteiger partial charge is 0.479 e. The number of anilines is 2. The van der Waals surface area contributed by atoms with Crippen molar-refractivity contribution in [2.24, 2.45) is 7.05 Å². The van der Waals surface area contributed by atoms with Crippen molar-refractivity contribution in [2.75, 3.05) is 36.0 Å². The third kappa shape index (κ3) is 6.41. The first-order valence-electron chi connectivity index (χ1n) is 14.8. The molecule has 5 rings (SSSR count). The van der Waals surface area contributed by atoms with Crippen LogP contribution in [0.1, 0.15) is 51.8 Å². The fourth-order valence-corrected chi connectivity index (χ4v) is 5.90. The number of carbonyl (C=O) groups is 5. The highest BCUT2D eigenvalue weighted by molar-refractivity contribution is 5.92. The van der Waals surface area contributed by atoms with Crippen LogP contribution in [0.2, 0.25) is 0 Å². The van der Waals surface area contributed by atoms with Gasteiger partial charge in [0.1, 0.15) is 24.1 Å². The van der Waals surface area contributed by atoms with E-state index in [1.165, 1.54) is 11.0 Å². The molecule has 16 heteroatoms. The van der Waals surface area contributed by atoms with Gasteiger partial charge < -0.3 is 24.2 Å². The Morgan fingerprint density at radius 3 is 2.59 bits per heavy atom. The number of halogens is 1. The molecule has 0 spiro atoms. The molecule has 3 aliphatic heterocycles. The van der Waals surface area contributed by atoms with E-state index in [1.54, 1.807) is 37.6 Å². The Kier molecular flexibility index (Phi) is 8.57. The first-order valence-corrected chi connectivity index (χ1v) is 14.8. The Morgan fingerprint density at radius 2 is 1.96 bits per heavy atom. The summed E-state index contributed by atoms with van der Waals surface area (Å²) in [6.07, 6.45) is -1.59. The van der Waals surface area contributed by atoms with Crippen LogP contribution in [0.4, 0.5) is 30.1 Å². The number of aliphatic carboxylic acids is 1. The van der Waals surface area contributed by atoms with Crippen LogP contribution in [0.5, 0.6) is 0 Å². The molecule has 0 unspecified atom stereocenters. The van der Waals surface area contributed by atoms with E-state index >= 15 is 4.39 Å². The summed E-state index contributed by atoms with van der Waals surface area (Å²) < 4.78 is 33.0. The van der Waals surface area contributed by atoms with Crippen molar-refractivity contribution in [3.8, 4) is 0 Å². The van der Waals surface area contributed by atoms with Crippen LogP contribution < -0.4 is 9.80 Å². The number of hydrogen-bond donors (Lipinski definition) is 1. The smallest absolute Gasteiger partial charge is 0.416 e. The average molecular weight is 645 g/mol. The Hall–Kier alpha value is -4.89. The number of aryl methyl sites for hydroxylation is 1. The number of amides is 4. The van der Waals surface area contributed by atoms with Gasteiger partial charge in [-0.15, -0.1) is 0 Å². The maximum absolute atomic E-state index is 15.2. The van der Waals surface area contributed by atoms with Gasteiger partial charge in [-0.3, -0.25) is 19.3 Å². The lowest BCUT2D eigenvalue weighted by molar-refractivity contribution is -0.152. The van der Waals surface area contributed by atoms with E-state index in [0.29, 0.717) is 30.1 Å². The molecule has 0 saturated carbocycles. The van der Waals surface area contributed by atoms with Gasteiger partial charge in [-0.05, 0) is 51.8 Å². The van der Waals surface area contributed by atoms with Crippen molar-refractivity contribution in [1.82, 2.24) is 19.6 Å². The minimum Gasteiger partial charge on any atom is -0.479 e. The van der Waals surface area contributed by atoms with Gasteiger partial charge in [0.15, 0.2) is 5.54 Å². The molecule has 1 N–H and O–H groups in total. The van der Waals surface area contributed by atoms with E-state index < -0.39 is 66.4 Å². The number of ether oxygens (including phenoxy) is 3. The highest BCUT2D eigenvalue weighted by Crippen LogP contribution is 2.34. The molecular formula is C30H37FN6O9. The van der Waals surface area contributed by atoms with Crippen molar-refractivity contribution in [2.45, 2.75) is 70.9 Å². The van der Waals surface area contributed by atoms with E-state index in [-0.39, 0.29) is 25.2 Å². The lowest BCUT2D eigenvalue weighted by Crippen LogP contribution is -2.58. The van der Waals surface area contributed by atoms with Crippen LogP contribution in [0.3, 0.4) is 0 Å². The molecule has 2 aromatic rings. The maximum atomic E-state index is 15.2. The molecule has 3 aliphatic rings. The summed E-state index contributed by atoms with van der Waals surface area (Å²) in [5.41, 5.74) is -0.314. The number of carboxylic acids is 1. The monoisotopic (exact) mass is 644 g/mol. The van der Waals surface area contributed by atoms with Crippen LogP contribution >= 0.6 is 0 Å². The van der Waals surface area contributed by atoms with Crippen molar-refractivity contribution < 1.29 is 47.7 Å². The minimum absolute atomic E-state index is 0.00118. The molecule has 1 aromatic carbocycles. The maximum Gasteiger partial charge on any atom is 0.416 e. The van der Waals surface area contributed by atoms with Crippen molar-refractivity contribution in [3.05, 3.63) is 41.5 Å². The zero-order chi connectivity index (χ0) is 33.6. The summed E-state index contributed by atoms with van der Waals surface area (Å²) in [5.74, 6) is -2.67. The van der Waals surface area contributed by atoms with Crippen LogP contribution in [0.15, 0.2) is 24.4 Å². The highest BCUT2D eigenvalue weighted by Gasteiger charge is 2.53. The number of benzene rings is 1. The molecule has 4 amide bonds. The molecule has 1 aromatic heterocycles. The summed E-state index contributed by atoms with van der Waals surface area (Å²) >= 11 is 0. The first-order chi connectivity index (χ1) is 21.6. The third-order valence-corrected chi connectivity index (χ3v) is 8.07. The molecule has 2 fully saturated rings. The number of likely N-dealkylation sites (tertiary alicyclic amines) is 1. The predicted molar refractivity (Wildman–Crippen MR) is 158 cm³/mol. The van der Waals surface area contributed by atoms with Gasteiger partial charge in [0.05, 0.1) is 36.7 Å². The first kappa shape index (κ1) is 32.5. The second kappa shape index (κ2) is 12.1. The zero-order valence-electron chi connectivity index (χ0n) is 26.3. The van der Waals surface area contributed by atoms with Gasteiger partial charge in [-0.2, -0.15) is 5.10 Å². The zero-order valence-corrected chi connectivity index (χ0v) is 26.3. The molecule has 248 valence electrons. The Morgan fingerprint density at radius 1 is 1.22 bits per heavy atom. The van der Waals surface area contributed by atoms with Crippen LogP contribution in [0.25, 0.3) is 0 Å². The number of fused-ring (bicyclic) bond motifs is 1. The van der Waals surface area contributed by atoms with E-state index in [0.717, 1.165) is 23.1 Å². The Bertz CT molecular complexity index is 1550. The summed E-state index contributed by atoms with van der Waals surface area (Å²) in [6.45, 7) is 5.82. The van der Waals surface area contributed by atoms with E-state index in [2.05, 4.69) is 5.10 Å². The number of imide groups is 1. The van der Waals surface area contributed by atoms with Gasteiger partial charge in [0.25, 0.3) is 0 Å². The summed E-state index contributed by atoms with van der Waals surface area (Å²) in [6, 6.07) is 4.37. The molecule has 0 bridgehead atoms. The van der Waals surface area contributed by atoms with Crippen molar-refractivity contribution in [1.29, 1.82) is 0 Å². The number of aromatic nitrogens is 2. The van der Waals surface area contributed by atoms with Crippen molar-refractivity contribution >= 4 is 41.5 Å². The summed E-state index contributed by atoms with van der Waals surface area (Å²) in [4.78, 5) is 68.1. The number of carbonyl (C=O) groups excluding carboxylic acids is 4. The Labute approximate surface area is 264 Å². The molecule has 2 atom stereocenters. The SMILES string of the molecule is CC(=O)N(C[C@H]1CN(c2ccc(N3Cc4cn(C)nc4C3)c(F)c2)C(=O)O1)C(=O)OC[C@]1(C(=O)O)CCCN1C(=O)OC(C)(C)C. The van der Waals surface area contributed by atoms with Crippen LogP contribution in [-0.2, 0) is 43.9 Å². The van der Waals surface area contributed by atoms with Crippen LogP contribution in [0, 0.1) is 5.82 Å². The molecule has 4 heterocycles. The second-order valence-corrected chi connectivity index (χ2v) is 12.6. The number of cyclic esters (lactones) is 1. The fourth-order valence-electron chi connectivity index (χ4n) is 5.90. The minimum atomic E-state index is -1.89. The standard InChI is InChI=1S/C30H37FN6O9/c1-18(38)35(26(41)44-17-30(25(39)40)9-6-10-37(30)28(43)46-29(2,3)4)14-21-15-36(27(42)45-21)20-7-8-24(22(31)11-20)34-13-19-12-33(5)32-23(19)16-34/h7-8,11-12,21H,6,9-10,13-17H2,1-5H3,(H,39,40)/t21-,30-/m0/s1. The highest BCUT2D eigenvalue weighted by atomic mass is 19.1. The molecule has 0 radical (unpaired) electrons. The van der Waals surface area contributed by atoms with Crippen LogP contribution in [-0.4, -0.2) is 98.3 Å². The van der Waals surface area contributed by atoms with E-state index in [1.807, 2.05) is 18.1 Å². The third-order valence-electron chi connectivity index (χ3n) is 8.07. The normalized spacial score (nSPS) is 20.9. The van der Waals surface area contributed by atoms with Gasteiger partial charge in [0.2, 0.25) is 5.91 Å². The van der Waals surface area contributed by atoms with Gasteiger partial charge >= 0.3 is 24.2 Å². The molecule has 46 heavy (non-hydrogen) atoms. The molecule has 0 aliphatic carbocycles. The quantitative estimate of drug-likeness (QED) is 0.440. The van der Waals surface area contributed by atoms with Gasteiger partial charge in [-0.1, -0.05) is 0 Å². The number of rotatable bonds is 7. The second-order valence-electron chi connectivity index (χ2n) is 12.6. The molecular weight excluding hydrogens is 607 g/mol. The van der Waals surface area contributed by atoms with E-state index in [4.69, 9.17) is 14.2 Å². The average Bonchev–Trinajstić information content (AvgIpc) is 3.72. The lowest BCUT2D eigenvalue weighted by atomic mass is 9.98. The van der Waals surface area contributed by atoms with Gasteiger partial charge in [-0.25, -0.2) is 28.5 Å². The fraction of sp³-hybridized carbons (Fsp3) is 0.533.